The second-order valence-corrected chi connectivity index (χ2v) is 5.89. The second kappa shape index (κ2) is 8.89. The molecule has 1 N–H and O–H groups in total. The van der Waals surface area contributed by atoms with Gasteiger partial charge in [0.1, 0.15) is 5.82 Å². The van der Waals surface area contributed by atoms with Crippen molar-refractivity contribution in [1.29, 1.82) is 0 Å². The number of carbonyl (C=O) groups is 1. The van der Waals surface area contributed by atoms with Crippen LogP contribution in [0.4, 0.5) is 11.8 Å². The Bertz CT molecular complexity index is 735. The molecule has 3 heterocycles. The summed E-state index contributed by atoms with van der Waals surface area (Å²) >= 11 is 0. The van der Waals surface area contributed by atoms with Crippen molar-refractivity contribution in [2.45, 2.75) is 25.8 Å². The minimum absolute atomic E-state index is 0.253. The van der Waals surface area contributed by atoms with E-state index in [4.69, 9.17) is 4.74 Å². The van der Waals surface area contributed by atoms with Crippen molar-refractivity contribution in [2.24, 2.45) is 0 Å². The topological polar surface area (TPSA) is 93.1 Å². The molecule has 0 aliphatic carbocycles. The Hall–Kier alpha value is -3.03. The van der Waals surface area contributed by atoms with Crippen molar-refractivity contribution in [2.75, 3.05) is 29.9 Å². The van der Waals surface area contributed by atoms with Gasteiger partial charge in [0.25, 0.3) is 0 Å². The fourth-order valence-corrected chi connectivity index (χ4v) is 2.78. The van der Waals surface area contributed by atoms with Crippen LogP contribution < -0.4 is 10.2 Å². The molecule has 0 saturated carbocycles. The fourth-order valence-electron chi connectivity index (χ4n) is 2.78. The van der Waals surface area contributed by atoms with Crippen LogP contribution in [0.3, 0.4) is 0 Å². The molecule has 1 fully saturated rings. The van der Waals surface area contributed by atoms with Gasteiger partial charge in [0.2, 0.25) is 5.95 Å². The molecule has 8 heteroatoms. The molecule has 0 spiro atoms. The molecule has 3 rings (SSSR count). The van der Waals surface area contributed by atoms with E-state index in [1.165, 1.54) is 6.08 Å². The van der Waals surface area contributed by atoms with Crippen LogP contribution in [0.25, 0.3) is 6.08 Å². The first kappa shape index (κ1) is 17.8. The van der Waals surface area contributed by atoms with Gasteiger partial charge in [0.05, 0.1) is 24.7 Å². The van der Waals surface area contributed by atoms with Crippen molar-refractivity contribution in [3.8, 4) is 0 Å². The molecule has 136 valence electrons. The van der Waals surface area contributed by atoms with Crippen molar-refractivity contribution < 1.29 is 9.53 Å². The van der Waals surface area contributed by atoms with E-state index >= 15 is 0 Å². The summed E-state index contributed by atoms with van der Waals surface area (Å²) in [6, 6.07) is 2.07. The zero-order valence-electron chi connectivity index (χ0n) is 14.7. The van der Waals surface area contributed by atoms with Crippen LogP contribution in [-0.2, 0) is 9.53 Å². The van der Waals surface area contributed by atoms with E-state index in [1.807, 2.05) is 6.07 Å². The first-order valence-electron chi connectivity index (χ1n) is 8.70. The van der Waals surface area contributed by atoms with Gasteiger partial charge in [0.15, 0.2) is 0 Å². The van der Waals surface area contributed by atoms with E-state index < -0.39 is 0 Å². The van der Waals surface area contributed by atoms with Gasteiger partial charge in [-0.1, -0.05) is 0 Å². The van der Waals surface area contributed by atoms with Gasteiger partial charge in [-0.15, -0.1) is 0 Å². The molecule has 1 aliphatic rings. The van der Waals surface area contributed by atoms with Crippen molar-refractivity contribution in [3.05, 3.63) is 42.6 Å². The predicted octanol–water partition coefficient (Wildman–Crippen LogP) is 1.92. The average molecular weight is 354 g/mol. The summed E-state index contributed by atoms with van der Waals surface area (Å²) in [4.78, 5) is 30.8. The minimum atomic E-state index is -0.387. The van der Waals surface area contributed by atoms with Crippen molar-refractivity contribution in [1.82, 2.24) is 19.9 Å². The highest BCUT2D eigenvalue weighted by Gasteiger charge is 2.21. The lowest BCUT2D eigenvalue weighted by molar-refractivity contribution is -0.137. The van der Waals surface area contributed by atoms with E-state index in [0.717, 1.165) is 31.9 Å². The average Bonchev–Trinajstić information content (AvgIpc) is 2.69. The van der Waals surface area contributed by atoms with Crippen LogP contribution in [-0.4, -0.2) is 51.6 Å². The maximum absolute atomic E-state index is 11.3. The van der Waals surface area contributed by atoms with Gasteiger partial charge in [0, 0.05) is 37.6 Å². The third-order valence-electron chi connectivity index (χ3n) is 3.96. The monoisotopic (exact) mass is 354 g/mol. The number of aromatic nitrogens is 4. The lowest BCUT2D eigenvalue weighted by Gasteiger charge is -2.33. The molecule has 0 aromatic carbocycles. The van der Waals surface area contributed by atoms with Crippen LogP contribution in [0.5, 0.6) is 0 Å². The fraction of sp³-hybridized carbons (Fsp3) is 0.389. The van der Waals surface area contributed by atoms with Crippen molar-refractivity contribution in [3.63, 3.8) is 0 Å². The van der Waals surface area contributed by atoms with E-state index in [0.29, 0.717) is 18.1 Å². The molecule has 2 aromatic rings. The number of anilines is 2. The highest BCUT2D eigenvalue weighted by Crippen LogP contribution is 2.18. The van der Waals surface area contributed by atoms with Gasteiger partial charge in [-0.2, -0.15) is 0 Å². The van der Waals surface area contributed by atoms with Crippen molar-refractivity contribution >= 4 is 23.8 Å². The number of esters is 1. The summed E-state index contributed by atoms with van der Waals surface area (Å²) in [5.41, 5.74) is 0.603. The third kappa shape index (κ3) is 4.98. The largest absolute Gasteiger partial charge is 0.463 e. The Morgan fingerprint density at radius 2 is 2.15 bits per heavy atom. The molecule has 0 radical (unpaired) electrons. The number of hydrogen-bond acceptors (Lipinski definition) is 8. The number of piperidine rings is 1. The van der Waals surface area contributed by atoms with Gasteiger partial charge < -0.3 is 15.0 Å². The Labute approximate surface area is 152 Å². The minimum Gasteiger partial charge on any atom is -0.463 e. The molecule has 26 heavy (non-hydrogen) atoms. The number of carbonyl (C=O) groups excluding carboxylic acids is 1. The van der Waals surface area contributed by atoms with E-state index in [1.54, 1.807) is 37.8 Å². The molecule has 0 bridgehead atoms. The molecular weight excluding hydrogens is 332 g/mol. The first-order valence-corrected chi connectivity index (χ1v) is 8.70. The normalized spacial score (nSPS) is 17.3. The second-order valence-electron chi connectivity index (χ2n) is 5.89. The van der Waals surface area contributed by atoms with Crippen LogP contribution in [0.1, 0.15) is 25.5 Å². The van der Waals surface area contributed by atoms with E-state index in [2.05, 4.69) is 30.2 Å². The molecule has 0 amide bonds. The molecule has 1 aliphatic heterocycles. The number of ether oxygens (including phenoxy) is 1. The maximum atomic E-state index is 11.3. The summed E-state index contributed by atoms with van der Waals surface area (Å²) in [5.74, 6) is 1.07. The van der Waals surface area contributed by atoms with Crippen LogP contribution >= 0.6 is 0 Å². The maximum Gasteiger partial charge on any atom is 0.330 e. The molecule has 1 atom stereocenters. The summed E-state index contributed by atoms with van der Waals surface area (Å²) in [7, 11) is 0. The van der Waals surface area contributed by atoms with Gasteiger partial charge >= 0.3 is 5.97 Å². The first-order chi connectivity index (χ1) is 12.7. The van der Waals surface area contributed by atoms with Crippen LogP contribution in [0.15, 0.2) is 36.9 Å². The summed E-state index contributed by atoms with van der Waals surface area (Å²) < 4.78 is 4.83. The van der Waals surface area contributed by atoms with Gasteiger partial charge in [-0.3, -0.25) is 4.98 Å². The number of nitrogens with one attached hydrogen (secondary N) is 1. The van der Waals surface area contributed by atoms with Gasteiger partial charge in [-0.25, -0.2) is 19.7 Å². The van der Waals surface area contributed by atoms with Crippen LogP contribution in [0, 0.1) is 0 Å². The smallest absolute Gasteiger partial charge is 0.330 e. The van der Waals surface area contributed by atoms with Crippen LogP contribution in [0.2, 0.25) is 0 Å². The molecular formula is C18H22N6O2. The highest BCUT2D eigenvalue weighted by molar-refractivity contribution is 5.86. The number of nitrogens with zero attached hydrogens (tertiary/aromatic N) is 5. The van der Waals surface area contributed by atoms with Gasteiger partial charge in [-0.05, 0) is 31.9 Å². The molecule has 8 nitrogen and oxygen atoms in total. The zero-order chi connectivity index (χ0) is 18.2. The Kier molecular flexibility index (Phi) is 6.08. The summed E-state index contributed by atoms with van der Waals surface area (Å²) in [5, 5.41) is 3.41. The highest BCUT2D eigenvalue weighted by atomic mass is 16.5. The lowest BCUT2D eigenvalue weighted by Crippen LogP contribution is -2.43. The number of hydrogen-bond donors (Lipinski definition) is 1. The Morgan fingerprint density at radius 1 is 1.31 bits per heavy atom. The molecule has 1 saturated heterocycles. The summed E-state index contributed by atoms with van der Waals surface area (Å²) in [6.07, 6.45) is 11.9. The standard InChI is InChI=1S/C18H22N6O2/c1-2-26-17(25)7-6-14-11-22-16(12-21-14)23-15-5-3-10-24(13-15)18-19-8-4-9-20-18/h4,6-9,11-12,15H,2-3,5,10,13H2,1H3,(H,22,23)/t15-/m1/s1. The quantitative estimate of drug-likeness (QED) is 0.621. The van der Waals surface area contributed by atoms with E-state index in [-0.39, 0.29) is 12.0 Å². The molecule has 0 unspecified atom stereocenters. The van der Waals surface area contributed by atoms with E-state index in [9.17, 15) is 4.79 Å². The predicted molar refractivity (Wildman–Crippen MR) is 98.6 cm³/mol. The SMILES string of the molecule is CCOC(=O)C=Cc1cnc(N[C@@H]2CCCN(c3ncccn3)C2)cn1. The summed E-state index contributed by atoms with van der Waals surface area (Å²) in [6.45, 7) is 3.88. The number of rotatable bonds is 6. The third-order valence-corrected chi connectivity index (χ3v) is 3.96. The Balaban J connectivity index is 1.56. The Morgan fingerprint density at radius 3 is 2.88 bits per heavy atom. The lowest BCUT2D eigenvalue weighted by atomic mass is 10.1. The zero-order valence-corrected chi connectivity index (χ0v) is 14.7. The molecule has 2 aromatic heterocycles.